The number of hydrogen-bond donors (Lipinski definition) is 1. The normalized spacial score (nSPS) is 11.4. The predicted molar refractivity (Wildman–Crippen MR) is 63.6 cm³/mol. The Bertz CT molecular complexity index is 752. The zero-order valence-electron chi connectivity index (χ0n) is 9.11. The van der Waals surface area contributed by atoms with Crippen molar-refractivity contribution in [3.8, 4) is 0 Å². The minimum atomic E-state index is -0.132. The molecule has 0 aliphatic heterocycles. The van der Waals surface area contributed by atoms with Crippen LogP contribution in [-0.2, 0) is 7.05 Å². The summed E-state index contributed by atoms with van der Waals surface area (Å²) in [7, 11) is 1.82. The third kappa shape index (κ3) is 1.16. The highest BCUT2D eigenvalue weighted by Gasteiger charge is 2.08. The summed E-state index contributed by atoms with van der Waals surface area (Å²) in [5, 5.41) is 6.12. The largest absolute Gasteiger partial charge is 0.320 e. The topological polar surface area (TPSA) is 50.7 Å². The molecule has 0 unspecified atom stereocenters. The molecule has 0 spiro atoms. The highest BCUT2D eigenvalue weighted by atomic mass is 16.1. The SMILES string of the molecule is Cc1ccc2[nH]c(=O)c3nn(C)cc3c2c1. The molecule has 0 atom stereocenters. The summed E-state index contributed by atoms with van der Waals surface area (Å²) in [5.74, 6) is 0. The van der Waals surface area contributed by atoms with Crippen LogP contribution in [0, 0.1) is 6.92 Å². The number of aromatic nitrogens is 3. The molecule has 4 nitrogen and oxygen atoms in total. The number of nitrogens with one attached hydrogen (secondary N) is 1. The van der Waals surface area contributed by atoms with Gasteiger partial charge in [0.05, 0.1) is 0 Å². The van der Waals surface area contributed by atoms with Gasteiger partial charge in [-0.1, -0.05) is 11.6 Å². The van der Waals surface area contributed by atoms with E-state index in [4.69, 9.17) is 0 Å². The number of rotatable bonds is 0. The molecule has 0 aliphatic carbocycles. The Morgan fingerprint density at radius 3 is 2.94 bits per heavy atom. The highest BCUT2D eigenvalue weighted by Crippen LogP contribution is 2.20. The first-order chi connectivity index (χ1) is 7.65. The van der Waals surface area contributed by atoms with E-state index in [1.807, 2.05) is 32.3 Å². The molecule has 0 aliphatic rings. The molecule has 0 amide bonds. The summed E-state index contributed by atoms with van der Waals surface area (Å²) in [6, 6.07) is 5.98. The van der Waals surface area contributed by atoms with Crippen LogP contribution in [0.5, 0.6) is 0 Å². The zero-order valence-corrected chi connectivity index (χ0v) is 9.11. The lowest BCUT2D eigenvalue weighted by molar-refractivity contribution is 0.778. The number of aryl methyl sites for hydroxylation is 2. The summed E-state index contributed by atoms with van der Waals surface area (Å²) in [5.41, 5.74) is 2.40. The van der Waals surface area contributed by atoms with Crippen molar-refractivity contribution in [2.75, 3.05) is 0 Å². The van der Waals surface area contributed by atoms with Crippen LogP contribution in [0.15, 0.2) is 29.2 Å². The van der Waals surface area contributed by atoms with Crippen molar-refractivity contribution in [2.45, 2.75) is 6.92 Å². The fraction of sp³-hybridized carbons (Fsp3) is 0.167. The van der Waals surface area contributed by atoms with Crippen molar-refractivity contribution in [3.05, 3.63) is 40.3 Å². The van der Waals surface area contributed by atoms with E-state index in [1.54, 1.807) is 4.68 Å². The lowest BCUT2D eigenvalue weighted by Crippen LogP contribution is -2.06. The molecule has 0 saturated carbocycles. The Balaban J connectivity index is 2.65. The zero-order chi connectivity index (χ0) is 11.3. The smallest absolute Gasteiger partial charge is 0.276 e. The number of pyridine rings is 1. The van der Waals surface area contributed by atoms with Crippen LogP contribution in [0.4, 0.5) is 0 Å². The quantitative estimate of drug-likeness (QED) is 0.618. The van der Waals surface area contributed by atoms with E-state index in [1.165, 1.54) is 5.56 Å². The van der Waals surface area contributed by atoms with Gasteiger partial charge in [0.25, 0.3) is 5.56 Å². The second kappa shape index (κ2) is 2.95. The second-order valence-electron chi connectivity index (χ2n) is 4.07. The van der Waals surface area contributed by atoms with Crippen molar-refractivity contribution in [1.82, 2.24) is 14.8 Å². The van der Waals surface area contributed by atoms with Crippen molar-refractivity contribution in [1.29, 1.82) is 0 Å². The van der Waals surface area contributed by atoms with E-state index >= 15 is 0 Å². The molecule has 0 fully saturated rings. The molecular formula is C12H11N3O. The van der Waals surface area contributed by atoms with Gasteiger partial charge in [0.2, 0.25) is 0 Å². The van der Waals surface area contributed by atoms with Gasteiger partial charge in [0.1, 0.15) is 0 Å². The Morgan fingerprint density at radius 1 is 1.31 bits per heavy atom. The lowest BCUT2D eigenvalue weighted by atomic mass is 10.1. The van der Waals surface area contributed by atoms with E-state index in [2.05, 4.69) is 16.1 Å². The fourth-order valence-corrected chi connectivity index (χ4v) is 2.02. The van der Waals surface area contributed by atoms with Crippen LogP contribution in [0.2, 0.25) is 0 Å². The van der Waals surface area contributed by atoms with E-state index in [-0.39, 0.29) is 5.56 Å². The predicted octanol–water partition coefficient (Wildman–Crippen LogP) is 1.72. The maximum absolute atomic E-state index is 11.8. The molecular weight excluding hydrogens is 202 g/mol. The third-order valence-corrected chi connectivity index (χ3v) is 2.76. The average Bonchev–Trinajstić information content (AvgIpc) is 2.62. The van der Waals surface area contributed by atoms with E-state index in [0.717, 1.165) is 16.3 Å². The molecule has 2 heterocycles. The first-order valence-corrected chi connectivity index (χ1v) is 5.11. The first-order valence-electron chi connectivity index (χ1n) is 5.11. The van der Waals surface area contributed by atoms with Crippen LogP contribution in [-0.4, -0.2) is 14.8 Å². The van der Waals surface area contributed by atoms with Crippen molar-refractivity contribution < 1.29 is 0 Å². The van der Waals surface area contributed by atoms with Crippen LogP contribution in [0.3, 0.4) is 0 Å². The number of hydrogen-bond acceptors (Lipinski definition) is 2. The Morgan fingerprint density at radius 2 is 2.12 bits per heavy atom. The molecule has 0 bridgehead atoms. The fourth-order valence-electron chi connectivity index (χ4n) is 2.02. The number of aromatic amines is 1. The monoisotopic (exact) mass is 213 g/mol. The molecule has 4 heteroatoms. The van der Waals surface area contributed by atoms with Gasteiger partial charge < -0.3 is 4.98 Å². The third-order valence-electron chi connectivity index (χ3n) is 2.76. The molecule has 80 valence electrons. The molecule has 3 rings (SSSR count). The van der Waals surface area contributed by atoms with Crippen molar-refractivity contribution in [2.24, 2.45) is 7.05 Å². The number of fused-ring (bicyclic) bond motifs is 3. The molecule has 16 heavy (non-hydrogen) atoms. The van der Waals surface area contributed by atoms with Gasteiger partial charge in [0, 0.05) is 29.5 Å². The van der Waals surface area contributed by atoms with Crippen LogP contribution < -0.4 is 5.56 Å². The molecule has 3 aromatic rings. The Kier molecular flexibility index (Phi) is 1.68. The van der Waals surface area contributed by atoms with Gasteiger partial charge in [-0.25, -0.2) is 0 Å². The van der Waals surface area contributed by atoms with E-state index < -0.39 is 0 Å². The average molecular weight is 213 g/mol. The van der Waals surface area contributed by atoms with E-state index in [9.17, 15) is 4.79 Å². The molecule has 0 saturated heterocycles. The minimum absolute atomic E-state index is 0.132. The van der Waals surface area contributed by atoms with Gasteiger partial charge >= 0.3 is 0 Å². The summed E-state index contributed by atoms with van der Waals surface area (Å²) >= 11 is 0. The maximum Gasteiger partial charge on any atom is 0.276 e. The summed E-state index contributed by atoms with van der Waals surface area (Å²) < 4.78 is 1.67. The van der Waals surface area contributed by atoms with Crippen LogP contribution in [0.25, 0.3) is 21.8 Å². The number of nitrogens with zero attached hydrogens (tertiary/aromatic N) is 2. The van der Waals surface area contributed by atoms with Crippen LogP contribution in [0.1, 0.15) is 5.56 Å². The summed E-state index contributed by atoms with van der Waals surface area (Å²) in [4.78, 5) is 14.6. The Labute approximate surface area is 91.5 Å². The second-order valence-corrected chi connectivity index (χ2v) is 4.07. The molecule has 2 aromatic heterocycles. The number of H-pyrrole nitrogens is 1. The molecule has 1 aromatic carbocycles. The van der Waals surface area contributed by atoms with E-state index in [0.29, 0.717) is 5.52 Å². The Hall–Kier alpha value is -2.10. The highest BCUT2D eigenvalue weighted by molar-refractivity contribution is 6.03. The van der Waals surface area contributed by atoms with Crippen molar-refractivity contribution in [3.63, 3.8) is 0 Å². The van der Waals surface area contributed by atoms with Crippen molar-refractivity contribution >= 4 is 21.8 Å². The number of benzene rings is 1. The van der Waals surface area contributed by atoms with Crippen LogP contribution >= 0.6 is 0 Å². The minimum Gasteiger partial charge on any atom is -0.320 e. The van der Waals surface area contributed by atoms with Gasteiger partial charge in [-0.05, 0) is 19.1 Å². The van der Waals surface area contributed by atoms with Gasteiger partial charge in [0.15, 0.2) is 5.52 Å². The summed E-state index contributed by atoms with van der Waals surface area (Å²) in [6.45, 7) is 2.03. The lowest BCUT2D eigenvalue weighted by Gasteiger charge is -1.99. The standard InChI is InChI=1S/C12H11N3O/c1-7-3-4-10-8(5-7)9-6-15(2)14-11(9)12(16)13-10/h3-6H,1-2H3,(H,13,16). The summed E-state index contributed by atoms with van der Waals surface area (Å²) in [6.07, 6.45) is 1.88. The van der Waals surface area contributed by atoms with Gasteiger partial charge in [-0.3, -0.25) is 9.48 Å². The molecule has 1 N–H and O–H groups in total. The maximum atomic E-state index is 11.8. The van der Waals surface area contributed by atoms with Gasteiger partial charge in [-0.2, -0.15) is 5.10 Å². The van der Waals surface area contributed by atoms with Gasteiger partial charge in [-0.15, -0.1) is 0 Å². The molecule has 0 radical (unpaired) electrons. The first kappa shape index (κ1) is 9.15.